The van der Waals surface area contributed by atoms with Crippen LogP contribution in [-0.2, 0) is 29.8 Å². The molecule has 0 aliphatic heterocycles. The van der Waals surface area contributed by atoms with Crippen LogP contribution in [-0.4, -0.2) is 62.4 Å². The number of fused-ring (bicyclic) bond motifs is 1. The van der Waals surface area contributed by atoms with E-state index >= 15 is 0 Å². The van der Waals surface area contributed by atoms with Crippen LogP contribution in [0.5, 0.6) is 5.75 Å². The lowest BCUT2D eigenvalue weighted by Gasteiger charge is -2.25. The normalized spacial score (nSPS) is 12.9. The van der Waals surface area contributed by atoms with Gasteiger partial charge in [-0.2, -0.15) is 23.8 Å². The van der Waals surface area contributed by atoms with Crippen LogP contribution >= 0.6 is 0 Å². The zero-order valence-electron chi connectivity index (χ0n) is 30.3. The average Bonchev–Trinajstić information content (AvgIpc) is 3.20. The number of sulfone groups is 2. The average molecular weight is 860 g/mol. The van der Waals surface area contributed by atoms with E-state index in [0.717, 1.165) is 24.3 Å². The molecule has 0 atom stereocenters. The van der Waals surface area contributed by atoms with Gasteiger partial charge in [-0.1, -0.05) is 12.1 Å². The van der Waals surface area contributed by atoms with Crippen molar-refractivity contribution in [3.8, 4) is 5.75 Å². The van der Waals surface area contributed by atoms with Crippen LogP contribution in [0.25, 0.3) is 10.8 Å². The van der Waals surface area contributed by atoms with Crippen molar-refractivity contribution in [2.24, 2.45) is 30.7 Å². The molecule has 0 aliphatic rings. The highest BCUT2D eigenvalue weighted by atomic mass is 32.3. The van der Waals surface area contributed by atoms with Crippen molar-refractivity contribution in [3.63, 3.8) is 0 Å². The third-order valence-electron chi connectivity index (χ3n) is 8.91. The maximum Gasteiger partial charge on any atom is 0.290 e. The first-order chi connectivity index (χ1) is 27.9. The maximum atomic E-state index is 13.3. The van der Waals surface area contributed by atoms with E-state index in [-0.39, 0.29) is 43.7 Å². The van der Waals surface area contributed by atoms with Crippen LogP contribution in [0.15, 0.2) is 161 Å². The lowest BCUT2D eigenvalue weighted by Crippen LogP contribution is -2.52. The van der Waals surface area contributed by atoms with Crippen molar-refractivity contribution in [2.75, 3.05) is 30.4 Å². The predicted molar refractivity (Wildman–Crippen MR) is 218 cm³/mol. The molecule has 0 saturated carbocycles. The van der Waals surface area contributed by atoms with Crippen molar-refractivity contribution in [1.29, 1.82) is 0 Å². The van der Waals surface area contributed by atoms with E-state index in [1.807, 2.05) is 0 Å². The van der Waals surface area contributed by atoms with Gasteiger partial charge in [0, 0.05) is 5.69 Å². The Labute approximate surface area is 336 Å². The number of anilines is 3. The summed E-state index contributed by atoms with van der Waals surface area (Å²) in [6.07, 6.45) is 0. The molecule has 0 heterocycles. The number of nitrogens with two attached hydrogens (primary N) is 3. The van der Waals surface area contributed by atoms with E-state index < -0.39 is 52.0 Å². The summed E-state index contributed by atoms with van der Waals surface area (Å²) >= 11 is 0. The van der Waals surface area contributed by atoms with Gasteiger partial charge in [-0.3, -0.25) is 4.55 Å². The Hall–Kier alpha value is -6.69. The number of nitrogen functional groups attached to an aromatic ring is 3. The summed E-state index contributed by atoms with van der Waals surface area (Å²) in [4.78, 5) is -0.622. The predicted octanol–water partition coefficient (Wildman–Crippen LogP) is 6.71. The molecular formula is C37H33N9O10S3. The van der Waals surface area contributed by atoms with Crippen molar-refractivity contribution >= 4 is 91.8 Å². The third kappa shape index (κ3) is 8.20. The zero-order chi connectivity index (χ0) is 42.8. The Bertz CT molecular complexity index is 3000. The molecule has 0 unspecified atom stereocenters. The van der Waals surface area contributed by atoms with Gasteiger partial charge in [0.15, 0.2) is 5.75 Å². The SMILES string of the molecule is Nc1ccc(N=Nc2ccc(S(=O)(=O)c3ccc(N=Nc4ccc5ccc(N=Nc6ccc(S(=O)(=O)C(CO)(CO)S(=O)(=O)O)cc6)c(O)c5c4N)cc3)cc2)c(N)c1. The minimum Gasteiger partial charge on any atom is -0.505 e. The van der Waals surface area contributed by atoms with Gasteiger partial charge < -0.3 is 32.5 Å². The van der Waals surface area contributed by atoms with Gasteiger partial charge in [-0.05, 0) is 109 Å². The topological polar surface area (TPSA) is 336 Å². The number of phenols is 1. The first-order valence-corrected chi connectivity index (χ1v) is 21.3. The molecule has 0 radical (unpaired) electrons. The standard InChI is InChI=1S/C37H33N9O10S3/c38-23-3-18-31(30(39)19-23)44-41-24-4-10-27(11-5-24)57(50,51)28-12-6-25(7-13-28)42-45-32-16-1-22-2-17-33(36(49)34(22)35(32)40)46-43-26-8-14-29(15-9-26)58(52,53)37(20-47,21-48)59(54,55)56/h1-19,47-49H,20-21,38-40H2,(H,54,55,56). The molecule has 0 bridgehead atoms. The number of nitrogens with zero attached hydrogens (tertiary/aromatic N) is 6. The van der Waals surface area contributed by atoms with Crippen molar-refractivity contribution < 1.29 is 45.1 Å². The molecule has 6 aromatic rings. The van der Waals surface area contributed by atoms with Gasteiger partial charge in [-0.25, -0.2) is 16.8 Å². The van der Waals surface area contributed by atoms with Crippen LogP contribution in [0, 0.1) is 0 Å². The molecular weight excluding hydrogens is 827 g/mol. The second-order valence-electron chi connectivity index (χ2n) is 12.6. The van der Waals surface area contributed by atoms with E-state index in [0.29, 0.717) is 33.8 Å². The number of hydrogen-bond acceptors (Lipinski definition) is 18. The van der Waals surface area contributed by atoms with Gasteiger partial charge in [0.1, 0.15) is 17.1 Å². The van der Waals surface area contributed by atoms with Gasteiger partial charge in [0.05, 0.1) is 61.7 Å². The number of azo groups is 3. The minimum absolute atomic E-state index is 0.000795. The summed E-state index contributed by atoms with van der Waals surface area (Å²) in [6.45, 7) is -3.23. The molecule has 304 valence electrons. The first-order valence-electron chi connectivity index (χ1n) is 16.8. The molecule has 0 aromatic heterocycles. The summed E-state index contributed by atoms with van der Waals surface area (Å²) in [7, 11) is -14.4. The monoisotopic (exact) mass is 859 g/mol. The van der Waals surface area contributed by atoms with E-state index in [4.69, 9.17) is 17.2 Å². The number of benzene rings is 6. The summed E-state index contributed by atoms with van der Waals surface area (Å²) in [6, 6.07) is 26.7. The Morgan fingerprint density at radius 3 is 1.41 bits per heavy atom. The fourth-order valence-corrected chi connectivity index (χ4v) is 9.77. The lowest BCUT2D eigenvalue weighted by molar-refractivity contribution is 0.198. The fourth-order valence-electron chi connectivity index (χ4n) is 5.52. The quantitative estimate of drug-likeness (QED) is 0.0361. The Balaban J connectivity index is 1.17. The van der Waals surface area contributed by atoms with Crippen LogP contribution in [0.1, 0.15) is 0 Å². The van der Waals surface area contributed by atoms with Crippen LogP contribution in [0.3, 0.4) is 0 Å². The van der Waals surface area contributed by atoms with Crippen molar-refractivity contribution in [2.45, 2.75) is 18.8 Å². The van der Waals surface area contributed by atoms with Gasteiger partial charge in [-0.15, -0.1) is 15.3 Å². The van der Waals surface area contributed by atoms with Crippen LogP contribution < -0.4 is 17.2 Å². The Kier molecular flexibility index (Phi) is 11.6. The molecule has 0 saturated heterocycles. The highest BCUT2D eigenvalue weighted by Gasteiger charge is 2.55. The lowest BCUT2D eigenvalue weighted by atomic mass is 10.1. The summed E-state index contributed by atoms with van der Waals surface area (Å²) < 4.78 is 82.4. The largest absolute Gasteiger partial charge is 0.505 e. The van der Waals surface area contributed by atoms with Crippen molar-refractivity contribution in [3.05, 3.63) is 115 Å². The smallest absolute Gasteiger partial charge is 0.290 e. The summed E-state index contributed by atoms with van der Waals surface area (Å²) in [5.41, 5.74) is 20.1. The molecule has 6 aromatic carbocycles. The van der Waals surface area contributed by atoms with Gasteiger partial charge in [0.25, 0.3) is 10.1 Å². The highest BCUT2D eigenvalue weighted by molar-refractivity contribution is 8.08. The molecule has 19 nitrogen and oxygen atoms in total. The Morgan fingerprint density at radius 2 is 0.949 bits per heavy atom. The summed E-state index contributed by atoms with van der Waals surface area (Å²) in [5.74, 6) is -0.374. The zero-order valence-corrected chi connectivity index (χ0v) is 32.7. The fraction of sp³-hybridized carbons (Fsp3) is 0.0811. The van der Waals surface area contributed by atoms with Gasteiger partial charge >= 0.3 is 0 Å². The molecule has 0 fully saturated rings. The Morgan fingerprint density at radius 1 is 0.525 bits per heavy atom. The molecule has 59 heavy (non-hydrogen) atoms. The van der Waals surface area contributed by atoms with E-state index in [9.17, 15) is 45.1 Å². The second kappa shape index (κ2) is 16.3. The number of rotatable bonds is 13. The minimum atomic E-state index is -5.47. The summed E-state index contributed by atoms with van der Waals surface area (Å²) in [5, 5.41) is 55.4. The molecule has 10 N–H and O–H groups in total. The number of hydrogen-bond donors (Lipinski definition) is 7. The van der Waals surface area contributed by atoms with Crippen LogP contribution in [0.4, 0.5) is 51.2 Å². The molecule has 0 amide bonds. The maximum absolute atomic E-state index is 13.3. The van der Waals surface area contributed by atoms with E-state index in [1.54, 1.807) is 36.4 Å². The first kappa shape index (κ1) is 41.9. The third-order valence-corrected chi connectivity index (χ3v) is 15.3. The number of phenolic OH excluding ortho intramolecular Hbond substituents is 1. The molecule has 22 heteroatoms. The van der Waals surface area contributed by atoms with Gasteiger partial charge in [0.2, 0.25) is 23.8 Å². The van der Waals surface area contributed by atoms with E-state index in [1.165, 1.54) is 54.6 Å². The van der Waals surface area contributed by atoms with E-state index in [2.05, 4.69) is 30.7 Å². The number of aliphatic hydroxyl groups is 2. The molecule has 0 spiro atoms. The number of aromatic hydroxyl groups is 1. The second-order valence-corrected chi connectivity index (χ2v) is 18.8. The highest BCUT2D eigenvalue weighted by Crippen LogP contribution is 2.43. The number of aliphatic hydroxyl groups excluding tert-OH is 2. The molecule has 6 rings (SSSR count). The van der Waals surface area contributed by atoms with Crippen LogP contribution in [0.2, 0.25) is 0 Å². The molecule has 0 aliphatic carbocycles. The van der Waals surface area contributed by atoms with Crippen molar-refractivity contribution in [1.82, 2.24) is 0 Å².